The Hall–Kier alpha value is -4.02. The van der Waals surface area contributed by atoms with Gasteiger partial charge in [0.05, 0.1) is 11.1 Å². The summed E-state index contributed by atoms with van der Waals surface area (Å²) in [4.78, 5) is 57.8. The van der Waals surface area contributed by atoms with Crippen molar-refractivity contribution in [1.82, 2.24) is 9.97 Å². The Morgan fingerprint density at radius 3 is 1.36 bits per heavy atom. The zero-order valence-electron chi connectivity index (χ0n) is 19.3. The summed E-state index contributed by atoms with van der Waals surface area (Å²) in [6.07, 6.45) is 0.425. The van der Waals surface area contributed by atoms with Gasteiger partial charge in [0.25, 0.3) is 11.1 Å². The topological polar surface area (TPSA) is 113 Å². The maximum absolute atomic E-state index is 13.0. The van der Waals surface area contributed by atoms with Gasteiger partial charge in [0.15, 0.2) is 20.1 Å². The van der Waals surface area contributed by atoms with E-state index in [1.165, 1.54) is 13.8 Å². The number of ether oxygens (including phenoxy) is 2. The number of nitrogens with zero attached hydrogens (tertiary/aromatic N) is 2. The van der Waals surface area contributed by atoms with Crippen LogP contribution in [-0.2, 0) is 22.4 Å². The van der Waals surface area contributed by atoms with E-state index >= 15 is 0 Å². The van der Waals surface area contributed by atoms with Crippen LogP contribution in [0.3, 0.4) is 0 Å². The van der Waals surface area contributed by atoms with E-state index < -0.39 is 23.1 Å². The van der Waals surface area contributed by atoms with Crippen molar-refractivity contribution in [1.29, 1.82) is 0 Å². The highest BCUT2D eigenvalue weighted by Gasteiger charge is 2.21. The third-order valence-corrected chi connectivity index (χ3v) is 7.01. The monoisotopic (exact) mass is 520 g/mol. The highest BCUT2D eigenvalue weighted by Crippen LogP contribution is 2.35. The van der Waals surface area contributed by atoms with Crippen molar-refractivity contribution in [2.45, 2.75) is 26.7 Å². The summed E-state index contributed by atoms with van der Waals surface area (Å²) in [5, 5.41) is 0.306. The molecule has 0 amide bonds. The molecule has 2 aromatic carbocycles. The number of carbonyl (C=O) groups is 2. The van der Waals surface area contributed by atoms with Crippen LogP contribution in [0.1, 0.15) is 36.1 Å². The molecule has 4 rings (SSSR count). The highest BCUT2D eigenvalue weighted by atomic mass is 32.1. The van der Waals surface area contributed by atoms with Crippen molar-refractivity contribution >= 4 is 34.6 Å². The van der Waals surface area contributed by atoms with Gasteiger partial charge in [0.1, 0.15) is 0 Å². The quantitative estimate of drug-likeness (QED) is 0.336. The predicted molar refractivity (Wildman–Crippen MR) is 137 cm³/mol. The average molecular weight is 521 g/mol. The van der Waals surface area contributed by atoms with Crippen molar-refractivity contribution in [3.8, 4) is 20.1 Å². The molecule has 0 saturated carbocycles. The normalized spacial score (nSPS) is 10.6. The standard InChI is InChI=1S/C26H20N2O6S2/c1-15(29)33-25-19(13-17-9-5-3-6-10-17)21(31)27-23(35-25)24-28-22(32)20(26(36-24)34-16(2)30)14-18-11-7-4-8-12-18/h3-12H,13-14H2,1-2H3. The molecule has 0 fully saturated rings. The number of carbonyl (C=O) groups excluding carboxylic acids is 2. The maximum atomic E-state index is 13.0. The molecule has 0 unspecified atom stereocenters. The van der Waals surface area contributed by atoms with Gasteiger partial charge in [-0.05, 0) is 11.1 Å². The fourth-order valence-corrected chi connectivity index (χ4v) is 5.35. The van der Waals surface area contributed by atoms with Gasteiger partial charge in [-0.3, -0.25) is 19.2 Å². The first-order chi connectivity index (χ1) is 17.3. The Morgan fingerprint density at radius 2 is 1.03 bits per heavy atom. The molecule has 8 nitrogen and oxygen atoms in total. The first-order valence-corrected chi connectivity index (χ1v) is 12.5. The first-order valence-electron chi connectivity index (χ1n) is 10.8. The highest BCUT2D eigenvalue weighted by molar-refractivity contribution is 7.23. The molecule has 0 aliphatic rings. The van der Waals surface area contributed by atoms with Gasteiger partial charge in [0.2, 0.25) is 0 Å². The lowest BCUT2D eigenvalue weighted by atomic mass is 10.1. The van der Waals surface area contributed by atoms with E-state index in [4.69, 9.17) is 9.47 Å². The Labute approximate surface area is 213 Å². The molecule has 0 radical (unpaired) electrons. The molecular weight excluding hydrogens is 500 g/mol. The van der Waals surface area contributed by atoms with Gasteiger partial charge in [-0.1, -0.05) is 83.3 Å². The van der Waals surface area contributed by atoms with Crippen molar-refractivity contribution < 1.29 is 19.1 Å². The Bertz CT molecular complexity index is 1420. The Balaban J connectivity index is 1.80. The molecule has 0 spiro atoms. The summed E-state index contributed by atoms with van der Waals surface area (Å²) < 4.78 is 10.7. The van der Waals surface area contributed by atoms with Crippen molar-refractivity contribution in [2.24, 2.45) is 0 Å². The fourth-order valence-electron chi connectivity index (χ4n) is 3.34. The largest absolute Gasteiger partial charge is 0.415 e. The molecule has 0 saturated heterocycles. The van der Waals surface area contributed by atoms with Gasteiger partial charge in [-0.2, -0.15) is 9.97 Å². The number of hydrogen-bond donors (Lipinski definition) is 0. The molecule has 2 aromatic heterocycles. The molecule has 4 aromatic rings. The van der Waals surface area contributed by atoms with Crippen LogP contribution in [0.25, 0.3) is 10.0 Å². The van der Waals surface area contributed by atoms with E-state index in [0.717, 1.165) is 33.8 Å². The maximum Gasteiger partial charge on any atom is 0.308 e. The van der Waals surface area contributed by atoms with Gasteiger partial charge in [-0.25, -0.2) is 0 Å². The Kier molecular flexibility index (Phi) is 7.77. The molecule has 36 heavy (non-hydrogen) atoms. The van der Waals surface area contributed by atoms with Crippen LogP contribution in [0, 0.1) is 0 Å². The lowest BCUT2D eigenvalue weighted by molar-refractivity contribution is -0.132. The lowest BCUT2D eigenvalue weighted by Crippen LogP contribution is -2.19. The summed E-state index contributed by atoms with van der Waals surface area (Å²) in [5.41, 5.74) is 0.919. The molecule has 0 aliphatic carbocycles. The van der Waals surface area contributed by atoms with Gasteiger partial charge < -0.3 is 9.47 Å². The number of hydrogen-bond acceptors (Lipinski definition) is 10. The molecular formula is C26H20N2O6S2. The van der Waals surface area contributed by atoms with E-state index in [1.54, 1.807) is 0 Å². The summed E-state index contributed by atoms with van der Waals surface area (Å²) in [6.45, 7) is 2.47. The van der Waals surface area contributed by atoms with Gasteiger partial charge >= 0.3 is 11.9 Å². The van der Waals surface area contributed by atoms with Crippen molar-refractivity contribution in [3.05, 3.63) is 104 Å². The summed E-state index contributed by atoms with van der Waals surface area (Å²) in [6, 6.07) is 18.5. The summed E-state index contributed by atoms with van der Waals surface area (Å²) in [5.74, 6) is -1.20. The second kappa shape index (κ2) is 11.1. The number of rotatable bonds is 7. The minimum absolute atomic E-state index is 0.0743. The van der Waals surface area contributed by atoms with E-state index in [2.05, 4.69) is 9.97 Å². The number of aromatic nitrogens is 2. The Morgan fingerprint density at radius 1 is 0.667 bits per heavy atom. The van der Waals surface area contributed by atoms with E-state index in [1.807, 2.05) is 60.7 Å². The fraction of sp³-hybridized carbons (Fsp3) is 0.154. The molecule has 0 aliphatic heterocycles. The molecule has 0 bridgehead atoms. The van der Waals surface area contributed by atoms with Gasteiger partial charge in [0, 0.05) is 26.7 Å². The summed E-state index contributed by atoms with van der Waals surface area (Å²) >= 11 is 1.85. The molecule has 10 heteroatoms. The van der Waals surface area contributed by atoms with Crippen LogP contribution in [0.5, 0.6) is 10.1 Å². The molecule has 0 atom stereocenters. The van der Waals surface area contributed by atoms with Crippen LogP contribution in [0.2, 0.25) is 0 Å². The average Bonchev–Trinajstić information content (AvgIpc) is 2.83. The number of esters is 2. The minimum atomic E-state index is -0.604. The van der Waals surface area contributed by atoms with E-state index in [0.29, 0.717) is 0 Å². The zero-order chi connectivity index (χ0) is 25.7. The lowest BCUT2D eigenvalue weighted by Gasteiger charge is -2.11. The third-order valence-electron chi connectivity index (χ3n) is 4.90. The number of benzene rings is 2. The van der Waals surface area contributed by atoms with Crippen LogP contribution in [0.4, 0.5) is 0 Å². The zero-order valence-corrected chi connectivity index (χ0v) is 21.0. The summed E-state index contributed by atoms with van der Waals surface area (Å²) in [7, 11) is 0. The first kappa shape index (κ1) is 25.1. The second-order valence-corrected chi connectivity index (χ2v) is 9.62. The third kappa shape index (κ3) is 6.15. The van der Waals surface area contributed by atoms with Crippen molar-refractivity contribution in [3.63, 3.8) is 0 Å². The van der Waals surface area contributed by atoms with Crippen LogP contribution in [0.15, 0.2) is 70.3 Å². The molecule has 182 valence electrons. The molecule has 2 heterocycles. The van der Waals surface area contributed by atoms with E-state index in [9.17, 15) is 19.2 Å². The molecule has 0 N–H and O–H groups in total. The van der Waals surface area contributed by atoms with Crippen LogP contribution < -0.4 is 20.6 Å². The van der Waals surface area contributed by atoms with Crippen molar-refractivity contribution in [2.75, 3.05) is 0 Å². The second-order valence-electron chi connectivity index (χ2n) is 7.69. The van der Waals surface area contributed by atoms with Crippen LogP contribution in [-0.4, -0.2) is 21.9 Å². The minimum Gasteiger partial charge on any atom is -0.415 e. The SMILES string of the molecule is CC(=O)Oc1sc(-c2nc(=O)c(Cc3ccccc3)c(OC(C)=O)s2)nc(=O)c1Cc1ccccc1. The van der Waals surface area contributed by atoms with Crippen LogP contribution >= 0.6 is 22.7 Å². The smallest absolute Gasteiger partial charge is 0.308 e. The van der Waals surface area contributed by atoms with E-state index in [-0.39, 0.29) is 44.1 Å². The van der Waals surface area contributed by atoms with Gasteiger partial charge in [-0.15, -0.1) is 0 Å². The predicted octanol–water partition coefficient (Wildman–Crippen LogP) is 4.02.